The molecule has 148 valence electrons. The number of carbonyl (C=O) groups excluding carboxylic acids is 1. The monoisotopic (exact) mass is 402 g/mol. The van der Waals surface area contributed by atoms with Crippen molar-refractivity contribution in [2.75, 3.05) is 31.5 Å². The van der Waals surface area contributed by atoms with E-state index in [1.165, 1.54) is 11.3 Å². The van der Waals surface area contributed by atoms with Gasteiger partial charge in [0.25, 0.3) is 5.56 Å². The van der Waals surface area contributed by atoms with Gasteiger partial charge in [-0.05, 0) is 13.8 Å². The number of hydrogen-bond acceptors (Lipinski definition) is 8. The number of nitrogens with zero attached hydrogens (tertiary/aromatic N) is 5. The third-order valence-electron chi connectivity index (χ3n) is 4.95. The Labute approximate surface area is 165 Å². The van der Waals surface area contributed by atoms with Gasteiger partial charge in [-0.1, -0.05) is 5.16 Å². The van der Waals surface area contributed by atoms with Gasteiger partial charge in [0.2, 0.25) is 11.8 Å². The lowest BCUT2D eigenvalue weighted by Gasteiger charge is -2.37. The van der Waals surface area contributed by atoms with Gasteiger partial charge in [-0.2, -0.15) is 0 Å². The largest absolute Gasteiger partial charge is 0.338 e. The molecular weight excluding hydrogens is 380 g/mol. The van der Waals surface area contributed by atoms with Gasteiger partial charge in [-0.25, -0.2) is 4.98 Å². The quantitative estimate of drug-likeness (QED) is 0.685. The van der Waals surface area contributed by atoms with Crippen molar-refractivity contribution < 1.29 is 9.32 Å². The number of nitrogens with one attached hydrogen (secondary N) is 1. The van der Waals surface area contributed by atoms with Crippen LogP contribution in [0.2, 0.25) is 0 Å². The summed E-state index contributed by atoms with van der Waals surface area (Å²) in [5.41, 5.74) is 1.46. The Hall–Kier alpha value is -2.56. The van der Waals surface area contributed by atoms with Crippen LogP contribution in [0.4, 0.5) is 5.88 Å². The highest BCUT2D eigenvalue weighted by Gasteiger charge is 2.26. The molecule has 0 saturated carbocycles. The molecule has 9 nitrogen and oxygen atoms in total. The number of rotatable bonds is 5. The molecule has 4 heterocycles. The maximum Gasteiger partial charge on any atom is 0.258 e. The Morgan fingerprint density at radius 2 is 2.11 bits per heavy atom. The average Bonchev–Trinajstić information content (AvgIpc) is 3.31. The third-order valence-corrected chi connectivity index (χ3v) is 5.71. The SMILES string of the molecule is Cc1cc(NC(=O)C(C)N2CCN(Cc3cc(=O)n4ccsc4n3)CC2)on1. The number of hydrogen-bond donors (Lipinski definition) is 1. The summed E-state index contributed by atoms with van der Waals surface area (Å²) in [7, 11) is 0. The van der Waals surface area contributed by atoms with E-state index in [-0.39, 0.29) is 17.5 Å². The lowest BCUT2D eigenvalue weighted by molar-refractivity contribution is -0.121. The highest BCUT2D eigenvalue weighted by atomic mass is 32.1. The summed E-state index contributed by atoms with van der Waals surface area (Å²) in [6, 6.07) is 3.03. The Bertz CT molecular complexity index is 1030. The number of thiazole rings is 1. The molecule has 1 saturated heterocycles. The molecule has 1 fully saturated rings. The number of aryl methyl sites for hydroxylation is 1. The van der Waals surface area contributed by atoms with Crippen molar-refractivity contribution in [2.45, 2.75) is 26.4 Å². The fourth-order valence-corrected chi connectivity index (χ4v) is 4.06. The van der Waals surface area contributed by atoms with E-state index in [9.17, 15) is 9.59 Å². The van der Waals surface area contributed by atoms with Crippen molar-refractivity contribution in [3.8, 4) is 0 Å². The van der Waals surface area contributed by atoms with Crippen LogP contribution in [0.5, 0.6) is 0 Å². The number of aromatic nitrogens is 3. The predicted molar refractivity (Wildman–Crippen MR) is 106 cm³/mol. The summed E-state index contributed by atoms with van der Waals surface area (Å²) >= 11 is 1.46. The first-order valence-electron chi connectivity index (χ1n) is 9.16. The lowest BCUT2D eigenvalue weighted by atomic mass is 10.2. The van der Waals surface area contributed by atoms with Crippen LogP contribution in [-0.4, -0.2) is 62.5 Å². The van der Waals surface area contributed by atoms with E-state index >= 15 is 0 Å². The maximum absolute atomic E-state index is 12.4. The molecule has 1 aliphatic heterocycles. The van der Waals surface area contributed by atoms with Crippen molar-refractivity contribution in [2.24, 2.45) is 0 Å². The molecule has 1 atom stereocenters. The zero-order chi connectivity index (χ0) is 19.7. The van der Waals surface area contributed by atoms with Gasteiger partial charge >= 0.3 is 0 Å². The lowest BCUT2D eigenvalue weighted by Crippen LogP contribution is -2.52. The van der Waals surface area contributed by atoms with Crippen LogP contribution >= 0.6 is 11.3 Å². The van der Waals surface area contributed by atoms with Crippen LogP contribution in [0.25, 0.3) is 4.96 Å². The van der Waals surface area contributed by atoms with E-state index in [1.807, 2.05) is 12.3 Å². The average molecular weight is 402 g/mol. The van der Waals surface area contributed by atoms with Crippen LogP contribution in [0, 0.1) is 6.92 Å². The van der Waals surface area contributed by atoms with Crippen LogP contribution < -0.4 is 10.9 Å². The van der Waals surface area contributed by atoms with Gasteiger partial charge < -0.3 is 4.52 Å². The van der Waals surface area contributed by atoms with E-state index in [0.717, 1.165) is 37.6 Å². The first kappa shape index (κ1) is 18.8. The second kappa shape index (κ2) is 7.82. The Kier molecular flexibility index (Phi) is 5.25. The molecule has 4 rings (SSSR count). The summed E-state index contributed by atoms with van der Waals surface area (Å²) in [6.07, 6.45) is 1.74. The summed E-state index contributed by atoms with van der Waals surface area (Å²) in [4.78, 5) is 34.2. The van der Waals surface area contributed by atoms with Crippen molar-refractivity contribution in [1.29, 1.82) is 0 Å². The first-order valence-corrected chi connectivity index (χ1v) is 10.0. The number of piperazine rings is 1. The minimum absolute atomic E-state index is 0.0483. The van der Waals surface area contributed by atoms with Gasteiger partial charge in [0.1, 0.15) is 0 Å². The topological polar surface area (TPSA) is 96.0 Å². The molecule has 0 spiro atoms. The second-order valence-corrected chi connectivity index (χ2v) is 7.82. The molecule has 0 aliphatic carbocycles. The number of amides is 1. The Balaban J connectivity index is 1.32. The molecular formula is C18H22N6O3S. The second-order valence-electron chi connectivity index (χ2n) is 6.95. The molecule has 1 aliphatic rings. The van der Waals surface area contributed by atoms with Crippen LogP contribution in [0.3, 0.4) is 0 Å². The number of anilines is 1. The van der Waals surface area contributed by atoms with E-state index in [0.29, 0.717) is 17.4 Å². The van der Waals surface area contributed by atoms with E-state index in [4.69, 9.17) is 4.52 Å². The summed E-state index contributed by atoms with van der Waals surface area (Å²) in [5.74, 6) is 0.261. The molecule has 3 aromatic heterocycles. The smallest absolute Gasteiger partial charge is 0.258 e. The molecule has 0 bridgehead atoms. The third kappa shape index (κ3) is 3.98. The summed E-state index contributed by atoms with van der Waals surface area (Å²) in [5, 5.41) is 8.40. The standard InChI is InChI=1S/C18H22N6O3S/c1-12-9-15(27-21-12)20-17(26)13(2)23-5-3-22(4-6-23)11-14-10-16(25)24-7-8-28-18(24)19-14/h7-10,13H,3-6,11H2,1-2H3,(H,20,26). The predicted octanol–water partition coefficient (Wildman–Crippen LogP) is 1.20. The molecule has 28 heavy (non-hydrogen) atoms. The van der Waals surface area contributed by atoms with Crippen molar-refractivity contribution in [3.05, 3.63) is 45.5 Å². The van der Waals surface area contributed by atoms with Gasteiger partial charge in [0.15, 0.2) is 4.96 Å². The molecule has 0 aromatic carbocycles. The van der Waals surface area contributed by atoms with E-state index in [1.54, 1.807) is 29.7 Å². The maximum atomic E-state index is 12.4. The zero-order valence-corrected chi connectivity index (χ0v) is 16.6. The van der Waals surface area contributed by atoms with Crippen molar-refractivity contribution >= 4 is 28.1 Å². The normalized spacial score (nSPS) is 17.1. The summed E-state index contributed by atoms with van der Waals surface area (Å²) < 4.78 is 6.61. The van der Waals surface area contributed by atoms with E-state index in [2.05, 4.69) is 25.3 Å². The van der Waals surface area contributed by atoms with Crippen LogP contribution in [0.1, 0.15) is 18.3 Å². The molecule has 1 amide bonds. The molecule has 10 heteroatoms. The zero-order valence-electron chi connectivity index (χ0n) is 15.8. The first-order chi connectivity index (χ1) is 13.5. The summed E-state index contributed by atoms with van der Waals surface area (Å²) in [6.45, 7) is 7.49. The minimum Gasteiger partial charge on any atom is -0.338 e. The number of fused-ring (bicyclic) bond motifs is 1. The van der Waals surface area contributed by atoms with Crippen LogP contribution in [-0.2, 0) is 11.3 Å². The highest BCUT2D eigenvalue weighted by Crippen LogP contribution is 2.14. The van der Waals surface area contributed by atoms with Gasteiger partial charge in [-0.3, -0.25) is 29.1 Å². The molecule has 3 aromatic rings. The fraction of sp³-hybridized carbons (Fsp3) is 0.444. The van der Waals surface area contributed by atoms with E-state index < -0.39 is 0 Å². The Morgan fingerprint density at radius 1 is 1.32 bits per heavy atom. The minimum atomic E-state index is -0.266. The molecule has 1 unspecified atom stereocenters. The van der Waals surface area contributed by atoms with Gasteiger partial charge in [0.05, 0.1) is 17.4 Å². The molecule has 1 N–H and O–H groups in total. The van der Waals surface area contributed by atoms with Crippen molar-refractivity contribution in [3.63, 3.8) is 0 Å². The Morgan fingerprint density at radius 3 is 2.82 bits per heavy atom. The number of carbonyl (C=O) groups is 1. The molecule has 0 radical (unpaired) electrons. The highest BCUT2D eigenvalue weighted by molar-refractivity contribution is 7.15. The fourth-order valence-electron chi connectivity index (χ4n) is 3.32. The van der Waals surface area contributed by atoms with Gasteiger partial charge in [-0.15, -0.1) is 11.3 Å². The van der Waals surface area contributed by atoms with Crippen molar-refractivity contribution in [1.82, 2.24) is 24.3 Å². The van der Waals surface area contributed by atoms with Crippen LogP contribution in [0.15, 0.2) is 33.0 Å². The van der Waals surface area contributed by atoms with Gasteiger partial charge in [0, 0.05) is 56.4 Å².